The summed E-state index contributed by atoms with van der Waals surface area (Å²) in [4.78, 5) is 6.97. The number of nitrogens with zero attached hydrogens (tertiary/aromatic N) is 3. The Morgan fingerprint density at radius 1 is 1.03 bits per heavy atom. The molecule has 0 spiro atoms. The van der Waals surface area contributed by atoms with Crippen LogP contribution in [0.2, 0.25) is 0 Å². The number of benzene rings is 2. The van der Waals surface area contributed by atoms with Gasteiger partial charge < -0.3 is 9.64 Å². The van der Waals surface area contributed by atoms with E-state index in [1.807, 2.05) is 0 Å². The van der Waals surface area contributed by atoms with E-state index in [0.29, 0.717) is 11.0 Å². The Balaban J connectivity index is 0.00000363. The highest BCUT2D eigenvalue weighted by Crippen LogP contribution is 2.32. The minimum Gasteiger partial charge on any atom is -0.430 e. The van der Waals surface area contributed by atoms with Crippen molar-refractivity contribution in [3.8, 4) is 22.3 Å². The van der Waals surface area contributed by atoms with Crippen molar-refractivity contribution in [3.63, 3.8) is 0 Å². The standard InChI is InChI=1S/C26H35N3OS.ClH/c1-8-29(7)15-9-10-21-16-19(3)23(17-18(21)2)30-25-27-24(28-31-25)20-11-13-22(14-12-20)26(4,5)6;/h11-14,16-17H,8-10,15H2,1-7H3;1H. The van der Waals surface area contributed by atoms with Gasteiger partial charge in [-0.25, -0.2) is 0 Å². The second kappa shape index (κ2) is 11.3. The molecule has 0 aliphatic heterocycles. The first kappa shape index (κ1) is 26.3. The zero-order chi connectivity index (χ0) is 22.6. The second-order valence-electron chi connectivity index (χ2n) is 9.36. The molecule has 0 saturated heterocycles. The zero-order valence-electron chi connectivity index (χ0n) is 20.4. The third-order valence-corrected chi connectivity index (χ3v) is 6.37. The van der Waals surface area contributed by atoms with Gasteiger partial charge in [0.15, 0.2) is 5.82 Å². The molecule has 0 aliphatic rings. The van der Waals surface area contributed by atoms with Crippen LogP contribution < -0.4 is 4.74 Å². The monoisotopic (exact) mass is 473 g/mol. The number of ether oxygens (including phenoxy) is 1. The Kier molecular flexibility index (Phi) is 9.26. The van der Waals surface area contributed by atoms with E-state index in [9.17, 15) is 0 Å². The van der Waals surface area contributed by atoms with Gasteiger partial charge in [0, 0.05) is 17.1 Å². The predicted octanol–water partition coefficient (Wildman–Crippen LogP) is 7.22. The summed E-state index contributed by atoms with van der Waals surface area (Å²) in [5.41, 5.74) is 6.24. The highest BCUT2D eigenvalue weighted by molar-refractivity contribution is 7.07. The van der Waals surface area contributed by atoms with Crippen LogP contribution in [0.25, 0.3) is 11.4 Å². The summed E-state index contributed by atoms with van der Waals surface area (Å²) in [7, 11) is 2.17. The minimum absolute atomic E-state index is 0. The molecule has 0 aliphatic carbocycles. The van der Waals surface area contributed by atoms with E-state index in [1.165, 1.54) is 34.6 Å². The molecular weight excluding hydrogens is 438 g/mol. The first-order chi connectivity index (χ1) is 14.7. The number of rotatable bonds is 8. The number of aryl methyl sites for hydroxylation is 3. The molecule has 2 aromatic carbocycles. The quantitative estimate of drug-likeness (QED) is 0.346. The summed E-state index contributed by atoms with van der Waals surface area (Å²) in [5.74, 6) is 1.57. The molecule has 0 radical (unpaired) electrons. The molecule has 0 N–H and O–H groups in total. The lowest BCUT2D eigenvalue weighted by Crippen LogP contribution is -2.19. The molecule has 0 amide bonds. The van der Waals surface area contributed by atoms with E-state index < -0.39 is 0 Å². The molecule has 4 nitrogen and oxygen atoms in total. The molecule has 6 heteroatoms. The van der Waals surface area contributed by atoms with Gasteiger partial charge in [0.2, 0.25) is 0 Å². The second-order valence-corrected chi connectivity index (χ2v) is 10.1. The summed E-state index contributed by atoms with van der Waals surface area (Å²) in [6, 6.07) is 12.9. The van der Waals surface area contributed by atoms with E-state index in [1.54, 1.807) is 0 Å². The average Bonchev–Trinajstić information content (AvgIpc) is 3.19. The van der Waals surface area contributed by atoms with Crippen LogP contribution in [0.3, 0.4) is 0 Å². The van der Waals surface area contributed by atoms with Crippen molar-refractivity contribution in [2.75, 3.05) is 20.1 Å². The van der Waals surface area contributed by atoms with Gasteiger partial charge in [0.25, 0.3) is 5.19 Å². The van der Waals surface area contributed by atoms with Crippen LogP contribution >= 0.6 is 23.9 Å². The van der Waals surface area contributed by atoms with Crippen molar-refractivity contribution >= 4 is 23.9 Å². The van der Waals surface area contributed by atoms with Crippen molar-refractivity contribution < 1.29 is 4.74 Å². The third kappa shape index (κ3) is 6.77. The third-order valence-electron chi connectivity index (χ3n) is 5.77. The maximum absolute atomic E-state index is 6.12. The largest absolute Gasteiger partial charge is 0.430 e. The molecule has 1 aromatic heterocycles. The molecule has 3 rings (SSSR count). The highest BCUT2D eigenvalue weighted by Gasteiger charge is 2.15. The number of hydrogen-bond donors (Lipinski definition) is 0. The summed E-state index contributed by atoms with van der Waals surface area (Å²) >= 11 is 1.30. The van der Waals surface area contributed by atoms with Gasteiger partial charge in [-0.3, -0.25) is 0 Å². The summed E-state index contributed by atoms with van der Waals surface area (Å²) < 4.78 is 10.6. The van der Waals surface area contributed by atoms with Crippen molar-refractivity contribution in [2.24, 2.45) is 0 Å². The van der Waals surface area contributed by atoms with Crippen molar-refractivity contribution in [3.05, 3.63) is 58.7 Å². The maximum atomic E-state index is 6.12. The van der Waals surface area contributed by atoms with Crippen LogP contribution in [-0.2, 0) is 11.8 Å². The van der Waals surface area contributed by atoms with Crippen LogP contribution in [0.1, 0.15) is 56.4 Å². The summed E-state index contributed by atoms with van der Waals surface area (Å²) in [6.45, 7) is 15.3. The first-order valence-corrected chi connectivity index (χ1v) is 11.9. The Morgan fingerprint density at radius 2 is 1.72 bits per heavy atom. The Bertz CT molecular complexity index is 1010. The fourth-order valence-electron chi connectivity index (χ4n) is 3.51. The molecule has 32 heavy (non-hydrogen) atoms. The fourth-order valence-corrected chi connectivity index (χ4v) is 4.07. The lowest BCUT2D eigenvalue weighted by atomic mass is 9.87. The van der Waals surface area contributed by atoms with Crippen LogP contribution in [0.15, 0.2) is 36.4 Å². The van der Waals surface area contributed by atoms with Gasteiger partial charge in [-0.15, -0.1) is 12.4 Å². The minimum atomic E-state index is 0. The summed E-state index contributed by atoms with van der Waals surface area (Å²) in [5, 5.41) is 0.578. The number of aromatic nitrogens is 2. The molecule has 0 atom stereocenters. The van der Waals surface area contributed by atoms with Crippen LogP contribution in [0.5, 0.6) is 10.9 Å². The highest BCUT2D eigenvalue weighted by atomic mass is 35.5. The van der Waals surface area contributed by atoms with Gasteiger partial charge in [0.1, 0.15) is 5.75 Å². The molecule has 0 unspecified atom stereocenters. The van der Waals surface area contributed by atoms with E-state index in [-0.39, 0.29) is 17.8 Å². The van der Waals surface area contributed by atoms with Gasteiger partial charge in [-0.2, -0.15) is 9.36 Å². The molecular formula is C26H36ClN3OS. The molecule has 0 fully saturated rings. The molecule has 0 saturated carbocycles. The first-order valence-electron chi connectivity index (χ1n) is 11.1. The van der Waals surface area contributed by atoms with E-state index in [0.717, 1.165) is 36.4 Å². The lowest BCUT2D eigenvalue weighted by Gasteiger charge is -2.18. The molecule has 174 valence electrons. The van der Waals surface area contributed by atoms with Crippen molar-refractivity contribution in [2.45, 2.75) is 59.8 Å². The van der Waals surface area contributed by atoms with Gasteiger partial charge in [-0.1, -0.05) is 58.0 Å². The Morgan fingerprint density at radius 3 is 2.34 bits per heavy atom. The number of hydrogen-bond acceptors (Lipinski definition) is 5. The lowest BCUT2D eigenvalue weighted by molar-refractivity contribution is 0.347. The Hall–Kier alpha value is -1.95. The van der Waals surface area contributed by atoms with E-state index >= 15 is 0 Å². The molecule has 1 heterocycles. The van der Waals surface area contributed by atoms with Crippen molar-refractivity contribution in [1.82, 2.24) is 14.3 Å². The van der Waals surface area contributed by atoms with Gasteiger partial charge in [-0.05, 0) is 80.6 Å². The van der Waals surface area contributed by atoms with Crippen molar-refractivity contribution in [1.29, 1.82) is 0 Å². The number of halogens is 1. The van der Waals surface area contributed by atoms with Crippen LogP contribution in [0, 0.1) is 13.8 Å². The average molecular weight is 474 g/mol. The molecule has 3 aromatic rings. The van der Waals surface area contributed by atoms with Crippen LogP contribution in [0.4, 0.5) is 0 Å². The predicted molar refractivity (Wildman–Crippen MR) is 139 cm³/mol. The van der Waals surface area contributed by atoms with E-state index in [4.69, 9.17) is 4.74 Å². The molecule has 0 bridgehead atoms. The SMILES string of the molecule is CCN(C)CCCc1cc(C)c(Oc2nc(-c3ccc(C(C)(C)C)cc3)ns2)cc1C.Cl. The smallest absolute Gasteiger partial charge is 0.299 e. The summed E-state index contributed by atoms with van der Waals surface area (Å²) in [6.07, 6.45) is 2.25. The zero-order valence-corrected chi connectivity index (χ0v) is 22.0. The normalized spacial score (nSPS) is 11.5. The fraction of sp³-hybridized carbons (Fsp3) is 0.462. The maximum Gasteiger partial charge on any atom is 0.299 e. The Labute approximate surface area is 203 Å². The van der Waals surface area contributed by atoms with Crippen LogP contribution in [-0.4, -0.2) is 34.4 Å². The topological polar surface area (TPSA) is 38.2 Å². The van der Waals surface area contributed by atoms with Gasteiger partial charge in [0.05, 0.1) is 0 Å². The van der Waals surface area contributed by atoms with E-state index in [2.05, 4.69) is 99.2 Å². The van der Waals surface area contributed by atoms with Gasteiger partial charge >= 0.3 is 0 Å².